The summed E-state index contributed by atoms with van der Waals surface area (Å²) < 4.78 is 5.26. The second-order valence-electron chi connectivity index (χ2n) is 5.04. The van der Waals surface area contributed by atoms with Crippen LogP contribution in [0, 0.1) is 20.8 Å². The standard InChI is InChI=1S/C17H18ClO2P/c1-10-8-11(2)16(12(3)9-10)21-17(19)15-13(18)6-5-7-14(15)20-4/h5-9,21H,1-4H3. The summed E-state index contributed by atoms with van der Waals surface area (Å²) in [6.45, 7) is 6.14. The highest BCUT2D eigenvalue weighted by Crippen LogP contribution is 2.33. The van der Waals surface area contributed by atoms with E-state index in [2.05, 4.69) is 19.1 Å². The van der Waals surface area contributed by atoms with Crippen molar-refractivity contribution in [3.05, 3.63) is 57.6 Å². The van der Waals surface area contributed by atoms with Gasteiger partial charge in [-0.2, -0.15) is 0 Å². The number of ether oxygens (including phenoxy) is 1. The molecule has 0 heterocycles. The van der Waals surface area contributed by atoms with E-state index in [1.165, 1.54) is 5.56 Å². The molecule has 0 saturated heterocycles. The number of rotatable bonds is 4. The van der Waals surface area contributed by atoms with Gasteiger partial charge in [0.25, 0.3) is 0 Å². The molecular weight excluding hydrogens is 303 g/mol. The number of methoxy groups -OCH3 is 1. The van der Waals surface area contributed by atoms with Crippen molar-refractivity contribution in [3.63, 3.8) is 0 Å². The van der Waals surface area contributed by atoms with E-state index in [9.17, 15) is 4.79 Å². The normalized spacial score (nSPS) is 11.1. The molecule has 2 nitrogen and oxygen atoms in total. The van der Waals surface area contributed by atoms with Gasteiger partial charge in [0.05, 0.1) is 17.7 Å². The molecule has 0 aromatic heterocycles. The van der Waals surface area contributed by atoms with Crippen molar-refractivity contribution < 1.29 is 9.53 Å². The summed E-state index contributed by atoms with van der Waals surface area (Å²) in [6, 6.07) is 9.47. The quantitative estimate of drug-likeness (QED) is 0.780. The lowest BCUT2D eigenvalue weighted by molar-refractivity contribution is 0.108. The fourth-order valence-corrected chi connectivity index (χ4v) is 3.93. The Labute approximate surface area is 132 Å². The second-order valence-corrected chi connectivity index (χ2v) is 6.66. The third kappa shape index (κ3) is 3.45. The summed E-state index contributed by atoms with van der Waals surface area (Å²) in [5, 5.41) is 1.53. The lowest BCUT2D eigenvalue weighted by Crippen LogP contribution is -2.10. The van der Waals surface area contributed by atoms with Crippen LogP contribution in [0.5, 0.6) is 5.75 Å². The number of carbonyl (C=O) groups is 1. The van der Waals surface area contributed by atoms with Gasteiger partial charge in [-0.3, -0.25) is 4.79 Å². The van der Waals surface area contributed by atoms with E-state index in [1.54, 1.807) is 25.3 Å². The molecule has 0 saturated carbocycles. The van der Waals surface area contributed by atoms with Crippen molar-refractivity contribution in [1.82, 2.24) is 0 Å². The lowest BCUT2D eigenvalue weighted by atomic mass is 10.1. The van der Waals surface area contributed by atoms with Gasteiger partial charge in [0, 0.05) is 0 Å². The predicted octanol–water partition coefficient (Wildman–Crippen LogP) is 4.42. The van der Waals surface area contributed by atoms with Crippen LogP contribution in [0.15, 0.2) is 30.3 Å². The molecule has 0 bridgehead atoms. The zero-order valence-electron chi connectivity index (χ0n) is 12.6. The van der Waals surface area contributed by atoms with Crippen molar-refractivity contribution >= 4 is 31.0 Å². The van der Waals surface area contributed by atoms with Crippen molar-refractivity contribution in [2.45, 2.75) is 20.8 Å². The molecule has 2 rings (SSSR count). The molecule has 0 aliphatic heterocycles. The third-order valence-electron chi connectivity index (χ3n) is 3.34. The minimum Gasteiger partial charge on any atom is -0.496 e. The van der Waals surface area contributed by atoms with E-state index in [-0.39, 0.29) is 14.1 Å². The molecule has 0 aliphatic carbocycles. The number of hydrogen-bond acceptors (Lipinski definition) is 2. The lowest BCUT2D eigenvalue weighted by Gasteiger charge is -2.13. The number of benzene rings is 2. The Hall–Kier alpha value is -1.37. The Morgan fingerprint density at radius 3 is 2.33 bits per heavy atom. The zero-order valence-corrected chi connectivity index (χ0v) is 14.3. The van der Waals surface area contributed by atoms with Crippen molar-refractivity contribution in [2.24, 2.45) is 0 Å². The zero-order chi connectivity index (χ0) is 15.6. The molecule has 21 heavy (non-hydrogen) atoms. The molecule has 0 fully saturated rings. The maximum atomic E-state index is 12.7. The van der Waals surface area contributed by atoms with Crippen LogP contribution in [0.25, 0.3) is 0 Å². The van der Waals surface area contributed by atoms with Gasteiger partial charge in [0.15, 0.2) is 5.52 Å². The molecule has 0 radical (unpaired) electrons. The van der Waals surface area contributed by atoms with E-state index in [0.717, 1.165) is 16.4 Å². The molecular formula is C17H18ClO2P. The summed E-state index contributed by atoms with van der Waals surface area (Å²) in [7, 11) is 1.59. The Morgan fingerprint density at radius 1 is 1.14 bits per heavy atom. The van der Waals surface area contributed by atoms with Gasteiger partial charge in [-0.1, -0.05) is 35.4 Å². The Morgan fingerprint density at radius 2 is 1.76 bits per heavy atom. The molecule has 2 aromatic carbocycles. The van der Waals surface area contributed by atoms with Gasteiger partial charge in [-0.05, 0) is 57.9 Å². The van der Waals surface area contributed by atoms with E-state index >= 15 is 0 Å². The van der Waals surface area contributed by atoms with E-state index in [1.807, 2.05) is 13.8 Å². The Balaban J connectivity index is 2.40. The average Bonchev–Trinajstić information content (AvgIpc) is 2.42. The Kier molecular flexibility index (Phi) is 5.03. The highest BCUT2D eigenvalue weighted by molar-refractivity contribution is 7.66. The molecule has 0 N–H and O–H groups in total. The first-order valence-corrected chi connectivity index (χ1v) is 8.03. The molecule has 1 atom stereocenters. The summed E-state index contributed by atoms with van der Waals surface area (Å²) >= 11 is 6.18. The highest BCUT2D eigenvalue weighted by atomic mass is 35.5. The third-order valence-corrected chi connectivity index (χ3v) is 5.17. The summed E-state index contributed by atoms with van der Waals surface area (Å²) in [5.41, 5.74) is 3.98. The van der Waals surface area contributed by atoms with E-state index in [0.29, 0.717) is 16.3 Å². The minimum absolute atomic E-state index is 0.00695. The summed E-state index contributed by atoms with van der Waals surface area (Å²) in [4.78, 5) is 12.7. The van der Waals surface area contributed by atoms with Crippen molar-refractivity contribution in [1.29, 1.82) is 0 Å². The van der Waals surface area contributed by atoms with E-state index in [4.69, 9.17) is 16.3 Å². The highest BCUT2D eigenvalue weighted by Gasteiger charge is 2.18. The van der Waals surface area contributed by atoms with Crippen LogP contribution in [-0.4, -0.2) is 12.6 Å². The van der Waals surface area contributed by atoms with Crippen molar-refractivity contribution in [2.75, 3.05) is 7.11 Å². The van der Waals surface area contributed by atoms with Gasteiger partial charge in [0.2, 0.25) is 0 Å². The fraction of sp³-hybridized carbons (Fsp3) is 0.235. The maximum Gasteiger partial charge on any atom is 0.190 e. The minimum atomic E-state index is 0.00695. The number of aryl methyl sites for hydroxylation is 3. The average molecular weight is 321 g/mol. The van der Waals surface area contributed by atoms with Crippen LogP contribution in [0.2, 0.25) is 5.02 Å². The van der Waals surface area contributed by atoms with Gasteiger partial charge in [-0.15, -0.1) is 0 Å². The number of carbonyl (C=O) groups excluding carboxylic acids is 1. The maximum absolute atomic E-state index is 12.7. The molecule has 110 valence electrons. The van der Waals surface area contributed by atoms with Gasteiger partial charge < -0.3 is 4.74 Å². The molecule has 1 unspecified atom stereocenters. The van der Waals surface area contributed by atoms with Gasteiger partial charge in [-0.25, -0.2) is 0 Å². The fourth-order valence-electron chi connectivity index (χ4n) is 2.45. The first kappa shape index (κ1) is 16.0. The molecule has 0 spiro atoms. The van der Waals surface area contributed by atoms with Crippen LogP contribution < -0.4 is 10.0 Å². The Bertz CT molecular complexity index is 672. The van der Waals surface area contributed by atoms with Crippen LogP contribution in [0.1, 0.15) is 27.0 Å². The summed E-state index contributed by atoms with van der Waals surface area (Å²) in [5.74, 6) is 0.530. The number of halogens is 1. The monoisotopic (exact) mass is 320 g/mol. The number of hydrogen-bond donors (Lipinski definition) is 0. The smallest absolute Gasteiger partial charge is 0.190 e. The second kappa shape index (κ2) is 6.60. The molecule has 0 aliphatic rings. The van der Waals surface area contributed by atoms with Crippen LogP contribution in [0.3, 0.4) is 0 Å². The largest absolute Gasteiger partial charge is 0.496 e. The van der Waals surface area contributed by atoms with Crippen LogP contribution in [-0.2, 0) is 0 Å². The summed E-state index contributed by atoms with van der Waals surface area (Å²) in [6.07, 6.45) is 0. The van der Waals surface area contributed by atoms with Gasteiger partial charge >= 0.3 is 0 Å². The van der Waals surface area contributed by atoms with Crippen molar-refractivity contribution in [3.8, 4) is 5.75 Å². The first-order chi connectivity index (χ1) is 9.93. The molecule has 0 amide bonds. The van der Waals surface area contributed by atoms with E-state index < -0.39 is 0 Å². The van der Waals surface area contributed by atoms with Crippen LogP contribution in [0.4, 0.5) is 0 Å². The SMILES string of the molecule is COc1cccc(Cl)c1C(=O)Pc1c(C)cc(C)cc1C. The van der Waals surface area contributed by atoms with Crippen LogP contribution >= 0.6 is 20.2 Å². The molecule has 4 heteroatoms. The topological polar surface area (TPSA) is 26.3 Å². The molecule has 2 aromatic rings. The first-order valence-electron chi connectivity index (χ1n) is 6.65. The van der Waals surface area contributed by atoms with Gasteiger partial charge in [0.1, 0.15) is 5.75 Å². The predicted molar refractivity (Wildman–Crippen MR) is 90.9 cm³/mol.